The van der Waals surface area contributed by atoms with E-state index in [1.54, 1.807) is 0 Å². The lowest BCUT2D eigenvalue weighted by atomic mass is 9.95. The van der Waals surface area contributed by atoms with Crippen LogP contribution in [0.3, 0.4) is 0 Å². The summed E-state index contributed by atoms with van der Waals surface area (Å²) in [5, 5.41) is 28.3. The van der Waals surface area contributed by atoms with Crippen LogP contribution < -0.4 is 0 Å². The van der Waals surface area contributed by atoms with E-state index in [1.165, 1.54) is 196 Å². The lowest BCUT2D eigenvalue weighted by molar-refractivity contribution is 1.09. The summed E-state index contributed by atoms with van der Waals surface area (Å²) in [5.41, 5.74) is 27.5. The zero-order chi connectivity index (χ0) is 91.0. The SMILES string of the molecule is c1ccc(-c2nc(-c3ccccc3)c3c(n2)-c2cc(-n4c5ccccc5c5ccc6c7ccccc7n(-c7ccccc7)c6c54)ccc2C3)cc1.c1ccc(-n2c3ccccc3c3ccc4c5ccccc5n(-c5cc6c7ccccc7c7ccccc7c6cn5)c4c32)cc1.c1ccc(-n2c3ccccc3c3ccc4c5ccccc5n(-c5ccc6c7ccccc7c7ccccc7c6n5)c4c32)cc1. The fourth-order valence-corrected chi connectivity index (χ4v) is 23.3. The lowest BCUT2D eigenvalue weighted by Crippen LogP contribution is -2.01. The monoisotopic (exact) mass is 1770 g/mol. The van der Waals surface area contributed by atoms with Crippen LogP contribution in [-0.4, -0.2) is 47.3 Å². The molecular formula is C129H80N10. The Labute approximate surface area is 796 Å². The number of para-hydroxylation sites is 9. The average molecular weight is 1770 g/mol. The van der Waals surface area contributed by atoms with Gasteiger partial charge in [-0.05, 0) is 152 Å². The van der Waals surface area contributed by atoms with Crippen molar-refractivity contribution in [2.45, 2.75) is 6.42 Å². The molecule has 10 heteroatoms. The molecule has 0 N–H and O–H groups in total. The number of nitrogens with zero attached hydrogens (tertiary/aromatic N) is 10. The molecule has 9 aromatic heterocycles. The molecule has 0 spiro atoms. The minimum absolute atomic E-state index is 0.748. The Bertz CT molecular complexity index is 9920. The van der Waals surface area contributed by atoms with E-state index < -0.39 is 0 Å². The van der Waals surface area contributed by atoms with Crippen LogP contribution in [0.1, 0.15) is 11.1 Å². The van der Waals surface area contributed by atoms with Crippen molar-refractivity contribution >= 4 is 196 Å². The van der Waals surface area contributed by atoms with Crippen molar-refractivity contribution in [3.8, 4) is 68.3 Å². The maximum atomic E-state index is 5.51. The molecule has 0 atom stereocenters. The van der Waals surface area contributed by atoms with Crippen LogP contribution in [0, 0.1) is 0 Å². The maximum absolute atomic E-state index is 5.51. The van der Waals surface area contributed by atoms with E-state index in [9.17, 15) is 0 Å². The summed E-state index contributed by atoms with van der Waals surface area (Å²) in [6.07, 6.45) is 2.87. The normalized spacial score (nSPS) is 12.1. The molecule has 646 valence electrons. The highest BCUT2D eigenvalue weighted by Crippen LogP contribution is 2.50. The largest absolute Gasteiger partial charge is 0.307 e. The maximum Gasteiger partial charge on any atom is 0.160 e. The lowest BCUT2D eigenvalue weighted by Gasteiger charge is -2.14. The van der Waals surface area contributed by atoms with Crippen molar-refractivity contribution in [3.05, 3.63) is 484 Å². The van der Waals surface area contributed by atoms with Crippen molar-refractivity contribution in [3.63, 3.8) is 0 Å². The fraction of sp³-hybridized carbons (Fsp3) is 0.00775. The topological polar surface area (TPSA) is 81.1 Å². The Balaban J connectivity index is 0.000000101. The summed E-state index contributed by atoms with van der Waals surface area (Å²) < 4.78 is 14.5. The molecule has 30 aromatic rings. The second kappa shape index (κ2) is 31.0. The zero-order valence-electron chi connectivity index (χ0n) is 75.2. The molecule has 139 heavy (non-hydrogen) atoms. The van der Waals surface area contributed by atoms with Gasteiger partial charge in [0.2, 0.25) is 0 Å². The van der Waals surface area contributed by atoms with Crippen molar-refractivity contribution in [2.24, 2.45) is 0 Å². The van der Waals surface area contributed by atoms with Crippen LogP contribution in [-0.2, 0) is 6.42 Å². The summed E-state index contributed by atoms with van der Waals surface area (Å²) >= 11 is 0. The highest BCUT2D eigenvalue weighted by Gasteiger charge is 2.31. The van der Waals surface area contributed by atoms with E-state index in [0.717, 1.165) is 85.7 Å². The first-order valence-electron chi connectivity index (χ1n) is 47.6. The van der Waals surface area contributed by atoms with E-state index in [0.29, 0.717) is 0 Å². The Morgan fingerprint density at radius 3 is 0.871 bits per heavy atom. The van der Waals surface area contributed by atoms with E-state index >= 15 is 0 Å². The number of hydrogen-bond acceptors (Lipinski definition) is 4. The van der Waals surface area contributed by atoms with Gasteiger partial charge in [0.1, 0.15) is 11.6 Å². The first kappa shape index (κ1) is 77.9. The molecule has 0 saturated heterocycles. The van der Waals surface area contributed by atoms with Crippen LogP contribution in [0.4, 0.5) is 0 Å². The molecule has 0 amide bonds. The van der Waals surface area contributed by atoms with E-state index in [2.05, 4.69) is 495 Å². The number of rotatable bonds is 8. The predicted molar refractivity (Wildman–Crippen MR) is 581 cm³/mol. The van der Waals surface area contributed by atoms with Gasteiger partial charge in [0.15, 0.2) is 5.82 Å². The van der Waals surface area contributed by atoms with Gasteiger partial charge >= 0.3 is 0 Å². The highest BCUT2D eigenvalue weighted by atomic mass is 15.1. The molecule has 1 aliphatic rings. The number of pyridine rings is 2. The first-order chi connectivity index (χ1) is 69.0. The minimum Gasteiger partial charge on any atom is -0.307 e. The number of fused-ring (bicyclic) bond motifs is 36. The molecule has 0 unspecified atom stereocenters. The molecule has 0 saturated carbocycles. The van der Waals surface area contributed by atoms with Crippen molar-refractivity contribution in [1.29, 1.82) is 0 Å². The Hall–Kier alpha value is -18.6. The van der Waals surface area contributed by atoms with Crippen molar-refractivity contribution < 1.29 is 0 Å². The summed E-state index contributed by atoms with van der Waals surface area (Å²) in [6, 6.07) is 168. The van der Waals surface area contributed by atoms with Gasteiger partial charge in [-0.2, -0.15) is 0 Å². The van der Waals surface area contributed by atoms with Gasteiger partial charge in [-0.15, -0.1) is 0 Å². The van der Waals surface area contributed by atoms with Gasteiger partial charge in [0, 0.05) is 138 Å². The Morgan fingerprint density at radius 2 is 0.468 bits per heavy atom. The highest BCUT2D eigenvalue weighted by molar-refractivity contribution is 6.30. The van der Waals surface area contributed by atoms with E-state index in [1.807, 2.05) is 6.07 Å². The summed E-state index contributed by atoms with van der Waals surface area (Å²) in [6.45, 7) is 0. The van der Waals surface area contributed by atoms with Gasteiger partial charge < -0.3 is 18.3 Å². The minimum atomic E-state index is 0.748. The predicted octanol–water partition coefficient (Wildman–Crippen LogP) is 33.0. The summed E-state index contributed by atoms with van der Waals surface area (Å²) in [4.78, 5) is 21.2. The molecule has 0 aliphatic heterocycles. The van der Waals surface area contributed by atoms with Gasteiger partial charge in [0.25, 0.3) is 0 Å². The van der Waals surface area contributed by atoms with Crippen LogP contribution in [0.5, 0.6) is 0 Å². The summed E-state index contributed by atoms with van der Waals surface area (Å²) in [5.74, 6) is 2.58. The third-order valence-electron chi connectivity index (χ3n) is 29.2. The number of aromatic nitrogens is 10. The molecule has 10 nitrogen and oxygen atoms in total. The van der Waals surface area contributed by atoms with Gasteiger partial charge in [0.05, 0.1) is 83.1 Å². The third kappa shape index (κ3) is 11.8. The number of benzene rings is 21. The van der Waals surface area contributed by atoms with Crippen LogP contribution in [0.25, 0.3) is 264 Å². The quantitative estimate of drug-likeness (QED) is 0.142. The molecule has 21 aromatic carbocycles. The molecule has 0 bridgehead atoms. The molecular weight excluding hydrogens is 1690 g/mol. The second-order valence-corrected chi connectivity index (χ2v) is 36.5. The van der Waals surface area contributed by atoms with Crippen LogP contribution in [0.15, 0.2) is 473 Å². The number of hydrogen-bond donors (Lipinski definition) is 0. The molecule has 0 radical (unpaired) electrons. The molecule has 9 heterocycles. The van der Waals surface area contributed by atoms with Crippen molar-refractivity contribution in [2.75, 3.05) is 0 Å². The third-order valence-corrected chi connectivity index (χ3v) is 29.2. The second-order valence-electron chi connectivity index (χ2n) is 36.5. The molecule has 31 rings (SSSR count). The molecule has 0 fully saturated rings. The van der Waals surface area contributed by atoms with Crippen LogP contribution in [0.2, 0.25) is 0 Å². The Kier molecular flexibility index (Phi) is 17.4. The van der Waals surface area contributed by atoms with E-state index in [4.69, 9.17) is 19.9 Å². The van der Waals surface area contributed by atoms with Gasteiger partial charge in [-0.25, -0.2) is 19.9 Å². The average Bonchev–Trinajstić information content (AvgIpc) is 1.54. The molecule has 1 aliphatic carbocycles. The van der Waals surface area contributed by atoms with Gasteiger partial charge in [-0.3, -0.25) is 9.13 Å². The van der Waals surface area contributed by atoms with E-state index in [-0.39, 0.29) is 0 Å². The smallest absolute Gasteiger partial charge is 0.160 e. The Morgan fingerprint density at radius 1 is 0.180 bits per heavy atom. The fourth-order valence-electron chi connectivity index (χ4n) is 23.3. The van der Waals surface area contributed by atoms with Gasteiger partial charge in [-0.1, -0.05) is 364 Å². The first-order valence-corrected chi connectivity index (χ1v) is 47.6. The van der Waals surface area contributed by atoms with Crippen LogP contribution >= 0.6 is 0 Å². The summed E-state index contributed by atoms with van der Waals surface area (Å²) in [7, 11) is 0. The standard InChI is InChI=1S/C47H30N4.2C41H25N3/c1-4-14-30(15-5-1)43-40-28-32-24-25-34(29-39(32)44(40)49-47(48-43)31-16-6-2-7-17-31)51-42-23-13-11-21-36(42)38-27-26-37-35-20-10-12-22-41(35)50(45(37)46(38)51)33-18-8-3-9-19-33;1-2-12-26(13-3-1)43-37-20-10-8-18-31(37)33-22-23-34-32-19-9-11-21-38(32)44(41(34)40(33)43)39-24-35-29-16-6-4-14-27(29)28-15-5-7-17-30(28)36(35)25-42-39;1-2-12-26(13-3-1)43-36-20-10-8-17-30(36)34-22-23-35-31-18-9-11-21-37(31)44(41(35)40(34)43)38-25-24-33-29-16-5-4-14-27(29)28-15-6-7-19-32(28)39(33)42-38/h1-27,29H,28H2;2*1-25H. The van der Waals surface area contributed by atoms with Crippen molar-refractivity contribution in [1.82, 2.24) is 47.3 Å². The zero-order valence-corrected chi connectivity index (χ0v) is 75.2.